The van der Waals surface area contributed by atoms with Crippen LogP contribution in [0, 0.1) is 0 Å². The van der Waals surface area contributed by atoms with E-state index in [4.69, 9.17) is 14.3 Å². The molecule has 3 rings (SSSR count). The fourth-order valence-electron chi connectivity index (χ4n) is 2.84. The van der Waals surface area contributed by atoms with Crippen LogP contribution in [-0.4, -0.2) is 36.2 Å². The van der Waals surface area contributed by atoms with Crippen LogP contribution in [-0.2, 0) is 0 Å². The molecule has 132 valence electrons. The van der Waals surface area contributed by atoms with Crippen molar-refractivity contribution >= 4 is 12.2 Å². The van der Waals surface area contributed by atoms with Gasteiger partial charge in [-0.2, -0.15) is 0 Å². The van der Waals surface area contributed by atoms with Crippen molar-refractivity contribution in [2.24, 2.45) is 0 Å². The van der Waals surface area contributed by atoms with Crippen molar-refractivity contribution in [1.82, 2.24) is 4.90 Å². The van der Waals surface area contributed by atoms with Gasteiger partial charge in [-0.05, 0) is 56.1 Å². The second-order valence-electron chi connectivity index (χ2n) is 6.19. The van der Waals surface area contributed by atoms with Crippen LogP contribution in [0.4, 0.5) is 0 Å². The van der Waals surface area contributed by atoms with Gasteiger partial charge in [-0.25, -0.2) is 0 Å². The summed E-state index contributed by atoms with van der Waals surface area (Å²) in [6, 6.07) is 9.02. The highest BCUT2D eigenvalue weighted by Gasteiger charge is 2.10. The Balaban J connectivity index is 1.47. The number of hydrogen-bond donors (Lipinski definition) is 1. The standard InChI is InChI=1S/C20H23NO4/c22-19-14-18(25-15-20(19)23)9-6-16-4-7-17(8-5-16)24-13-3-12-21-10-1-2-11-21/h4-9,14-15,23H,1-3,10-13H2/b9-6+. The highest BCUT2D eigenvalue weighted by Crippen LogP contribution is 2.15. The normalized spacial score (nSPS) is 15.0. The lowest BCUT2D eigenvalue weighted by molar-refractivity contribution is 0.263. The summed E-state index contributed by atoms with van der Waals surface area (Å²) >= 11 is 0. The number of hydrogen-bond acceptors (Lipinski definition) is 5. The lowest BCUT2D eigenvalue weighted by atomic mass is 10.2. The van der Waals surface area contributed by atoms with Gasteiger partial charge in [0.05, 0.1) is 6.61 Å². The molecule has 1 fully saturated rings. The van der Waals surface area contributed by atoms with Crippen molar-refractivity contribution in [3.05, 3.63) is 58.1 Å². The average molecular weight is 341 g/mol. The van der Waals surface area contributed by atoms with Gasteiger partial charge in [-0.3, -0.25) is 4.79 Å². The molecule has 0 amide bonds. The predicted octanol–water partition coefficient (Wildman–Crippen LogP) is 3.38. The largest absolute Gasteiger partial charge is 0.502 e. The summed E-state index contributed by atoms with van der Waals surface area (Å²) in [5, 5.41) is 9.16. The van der Waals surface area contributed by atoms with Gasteiger partial charge in [-0.15, -0.1) is 0 Å². The molecule has 1 aromatic carbocycles. The maximum Gasteiger partial charge on any atom is 0.227 e. The molecule has 5 nitrogen and oxygen atoms in total. The Kier molecular flexibility index (Phi) is 5.90. The first-order chi connectivity index (χ1) is 12.2. The van der Waals surface area contributed by atoms with Gasteiger partial charge < -0.3 is 19.2 Å². The number of benzene rings is 1. The first-order valence-electron chi connectivity index (χ1n) is 8.66. The van der Waals surface area contributed by atoms with Crippen molar-refractivity contribution < 1.29 is 14.3 Å². The highest BCUT2D eigenvalue weighted by molar-refractivity contribution is 5.67. The maximum absolute atomic E-state index is 11.3. The van der Waals surface area contributed by atoms with E-state index in [9.17, 15) is 4.79 Å². The molecular weight excluding hydrogens is 318 g/mol. The predicted molar refractivity (Wildman–Crippen MR) is 97.8 cm³/mol. The van der Waals surface area contributed by atoms with Crippen molar-refractivity contribution in [3.63, 3.8) is 0 Å². The number of rotatable bonds is 7. The molecule has 1 saturated heterocycles. The Bertz CT molecular complexity index is 758. The fraction of sp³-hybridized carbons (Fsp3) is 0.350. The molecule has 0 saturated carbocycles. The zero-order chi connectivity index (χ0) is 17.5. The van der Waals surface area contributed by atoms with E-state index < -0.39 is 5.43 Å². The molecule has 2 heterocycles. The summed E-state index contributed by atoms with van der Waals surface area (Å²) in [5.41, 5.74) is 0.517. The number of ether oxygens (including phenoxy) is 1. The van der Waals surface area contributed by atoms with Crippen LogP contribution in [0.25, 0.3) is 12.2 Å². The molecule has 25 heavy (non-hydrogen) atoms. The minimum Gasteiger partial charge on any atom is -0.502 e. The van der Waals surface area contributed by atoms with Crippen molar-refractivity contribution in [3.8, 4) is 11.5 Å². The molecule has 0 aliphatic carbocycles. The maximum atomic E-state index is 11.3. The second kappa shape index (κ2) is 8.53. The van der Waals surface area contributed by atoms with Crippen molar-refractivity contribution in [2.45, 2.75) is 19.3 Å². The summed E-state index contributed by atoms with van der Waals surface area (Å²) in [7, 11) is 0. The molecule has 1 N–H and O–H groups in total. The topological polar surface area (TPSA) is 62.9 Å². The van der Waals surface area contributed by atoms with Gasteiger partial charge in [0.2, 0.25) is 5.43 Å². The van der Waals surface area contributed by atoms with E-state index in [0.717, 1.165) is 37.1 Å². The zero-order valence-electron chi connectivity index (χ0n) is 14.2. The molecule has 0 unspecified atom stereocenters. The van der Waals surface area contributed by atoms with E-state index in [2.05, 4.69) is 4.90 Å². The molecule has 0 radical (unpaired) electrons. The lowest BCUT2D eigenvalue weighted by Crippen LogP contribution is -2.21. The molecule has 0 atom stereocenters. The summed E-state index contributed by atoms with van der Waals surface area (Å²) in [6.45, 7) is 4.29. The van der Waals surface area contributed by atoms with Gasteiger partial charge in [0, 0.05) is 12.6 Å². The van der Waals surface area contributed by atoms with Crippen molar-refractivity contribution in [2.75, 3.05) is 26.2 Å². The third-order valence-corrected chi connectivity index (χ3v) is 4.24. The van der Waals surface area contributed by atoms with Crippen LogP contribution in [0.3, 0.4) is 0 Å². The summed E-state index contributed by atoms with van der Waals surface area (Å²) < 4.78 is 10.9. The molecular formula is C20H23NO4. The van der Waals surface area contributed by atoms with E-state index in [1.165, 1.54) is 32.0 Å². The van der Waals surface area contributed by atoms with Crippen LogP contribution in [0.15, 0.2) is 45.8 Å². The van der Waals surface area contributed by atoms with Crippen LogP contribution in [0.1, 0.15) is 30.6 Å². The molecule has 0 spiro atoms. The SMILES string of the molecule is O=c1cc(/C=C/c2ccc(OCCCN3CCCC3)cc2)occ1O. The molecule has 1 aliphatic rings. The third-order valence-electron chi connectivity index (χ3n) is 4.24. The Morgan fingerprint density at radius 1 is 1.16 bits per heavy atom. The Morgan fingerprint density at radius 3 is 2.64 bits per heavy atom. The molecule has 0 bridgehead atoms. The smallest absolute Gasteiger partial charge is 0.227 e. The Hall–Kier alpha value is -2.53. The molecule has 2 aromatic rings. The molecule has 1 aromatic heterocycles. The number of aromatic hydroxyl groups is 1. The summed E-state index contributed by atoms with van der Waals surface area (Å²) in [4.78, 5) is 13.8. The monoisotopic (exact) mass is 341 g/mol. The Morgan fingerprint density at radius 2 is 1.92 bits per heavy atom. The average Bonchev–Trinajstić information content (AvgIpc) is 3.14. The second-order valence-corrected chi connectivity index (χ2v) is 6.19. The van der Waals surface area contributed by atoms with Crippen molar-refractivity contribution in [1.29, 1.82) is 0 Å². The van der Waals surface area contributed by atoms with E-state index >= 15 is 0 Å². The summed E-state index contributed by atoms with van der Waals surface area (Å²) in [5.74, 6) is 0.864. The molecule has 5 heteroatoms. The van der Waals surface area contributed by atoms with Gasteiger partial charge >= 0.3 is 0 Å². The van der Waals surface area contributed by atoms with Gasteiger partial charge in [0.25, 0.3) is 0 Å². The van der Waals surface area contributed by atoms with Gasteiger partial charge in [-0.1, -0.05) is 18.2 Å². The zero-order valence-corrected chi connectivity index (χ0v) is 14.2. The highest BCUT2D eigenvalue weighted by atomic mass is 16.5. The first kappa shape index (κ1) is 17.3. The van der Waals surface area contributed by atoms with Crippen LogP contribution in [0.5, 0.6) is 11.5 Å². The Labute approximate surface area is 147 Å². The fourth-order valence-corrected chi connectivity index (χ4v) is 2.84. The van der Waals surface area contributed by atoms with Crippen LogP contribution < -0.4 is 10.2 Å². The van der Waals surface area contributed by atoms with E-state index in [0.29, 0.717) is 5.76 Å². The van der Waals surface area contributed by atoms with Crippen LogP contribution >= 0.6 is 0 Å². The van der Waals surface area contributed by atoms with Gasteiger partial charge in [0.1, 0.15) is 17.8 Å². The lowest BCUT2D eigenvalue weighted by Gasteiger charge is -2.14. The third kappa shape index (κ3) is 5.22. The quantitative estimate of drug-likeness (QED) is 0.782. The molecule has 1 aliphatic heterocycles. The number of likely N-dealkylation sites (tertiary alicyclic amines) is 1. The minimum absolute atomic E-state index is 0.386. The summed E-state index contributed by atoms with van der Waals surface area (Å²) in [6.07, 6.45) is 8.26. The number of nitrogens with zero attached hydrogens (tertiary/aromatic N) is 1. The van der Waals surface area contributed by atoms with E-state index in [1.54, 1.807) is 6.08 Å². The minimum atomic E-state index is -0.455. The first-order valence-corrected chi connectivity index (χ1v) is 8.66. The van der Waals surface area contributed by atoms with E-state index in [-0.39, 0.29) is 5.75 Å². The van der Waals surface area contributed by atoms with Gasteiger partial charge in [0.15, 0.2) is 5.75 Å². The van der Waals surface area contributed by atoms with E-state index in [1.807, 2.05) is 30.3 Å². The van der Waals surface area contributed by atoms with Crippen LogP contribution in [0.2, 0.25) is 0 Å².